The first-order chi connectivity index (χ1) is 10.5. The van der Waals surface area contributed by atoms with E-state index in [-0.39, 0.29) is 29.2 Å². The Hall–Kier alpha value is -2.45. The average Bonchev–Trinajstić information content (AvgIpc) is 2.98. The third-order valence-electron chi connectivity index (χ3n) is 2.73. The molecule has 0 bridgehead atoms. The molecule has 9 heteroatoms. The molecule has 1 aromatic heterocycles. The molecule has 3 N–H and O–H groups in total. The van der Waals surface area contributed by atoms with Crippen LogP contribution < -0.4 is 10.8 Å². The molecule has 0 aliphatic carbocycles. The number of carbonyl (C=O) groups is 2. The molecule has 2 aromatic rings. The van der Waals surface area contributed by atoms with Gasteiger partial charge in [-0.15, -0.1) is 0 Å². The van der Waals surface area contributed by atoms with Gasteiger partial charge in [-0.2, -0.15) is 0 Å². The quantitative estimate of drug-likeness (QED) is 0.571. The Labute approximate surface area is 129 Å². The van der Waals surface area contributed by atoms with Crippen molar-refractivity contribution in [3.05, 3.63) is 52.1 Å². The van der Waals surface area contributed by atoms with E-state index in [4.69, 9.17) is 21.3 Å². The summed E-state index contributed by atoms with van der Waals surface area (Å²) >= 11 is 5.53. The first kappa shape index (κ1) is 15.9. The van der Waals surface area contributed by atoms with E-state index in [1.165, 1.54) is 23.7 Å². The minimum Gasteiger partial charge on any atom is -0.361 e. The Morgan fingerprint density at radius 1 is 1.32 bits per heavy atom. The molecule has 0 radical (unpaired) electrons. The maximum Gasteiger partial charge on any atom is 0.296 e. The molecule has 0 aliphatic heterocycles. The third kappa shape index (κ3) is 3.80. The molecule has 2 rings (SSSR count). The van der Waals surface area contributed by atoms with Crippen molar-refractivity contribution >= 4 is 23.4 Å². The Morgan fingerprint density at radius 3 is 2.77 bits per heavy atom. The standard InChI is InChI=1S/C13H11ClFN3O4/c14-9-2-1-7(5-10(9)15)12(19)16-4-3-8-6-11(18-22-8)13(20)17-21/h1-2,5-6,21H,3-4H2,(H,16,19)(H,17,20). The van der Waals surface area contributed by atoms with Crippen LogP contribution in [0.15, 0.2) is 28.8 Å². The highest BCUT2D eigenvalue weighted by molar-refractivity contribution is 6.30. The van der Waals surface area contributed by atoms with Crippen LogP contribution in [0.3, 0.4) is 0 Å². The summed E-state index contributed by atoms with van der Waals surface area (Å²) in [5.74, 6) is -1.59. The van der Waals surface area contributed by atoms with Gasteiger partial charge in [0.05, 0.1) is 5.02 Å². The molecule has 1 aromatic carbocycles. The van der Waals surface area contributed by atoms with Crippen LogP contribution in [-0.2, 0) is 6.42 Å². The molecule has 0 spiro atoms. The van der Waals surface area contributed by atoms with Gasteiger partial charge in [-0.1, -0.05) is 16.8 Å². The third-order valence-corrected chi connectivity index (χ3v) is 3.04. The summed E-state index contributed by atoms with van der Waals surface area (Å²) in [5, 5.41) is 14.4. The van der Waals surface area contributed by atoms with Crippen LogP contribution in [0.4, 0.5) is 4.39 Å². The lowest BCUT2D eigenvalue weighted by atomic mass is 10.2. The number of halogens is 2. The molecule has 7 nitrogen and oxygen atoms in total. The van der Waals surface area contributed by atoms with Gasteiger partial charge < -0.3 is 9.84 Å². The molecule has 1 heterocycles. The highest BCUT2D eigenvalue weighted by atomic mass is 35.5. The maximum atomic E-state index is 13.2. The van der Waals surface area contributed by atoms with Crippen LogP contribution in [-0.4, -0.2) is 28.7 Å². The smallest absolute Gasteiger partial charge is 0.296 e. The Bertz CT molecular complexity index is 704. The van der Waals surface area contributed by atoms with Crippen molar-refractivity contribution < 1.29 is 23.7 Å². The average molecular weight is 328 g/mol. The highest BCUT2D eigenvalue weighted by Gasteiger charge is 2.12. The lowest BCUT2D eigenvalue weighted by Crippen LogP contribution is -2.25. The minimum atomic E-state index is -0.796. The molecule has 0 fully saturated rings. The fraction of sp³-hybridized carbons (Fsp3) is 0.154. The SMILES string of the molecule is O=C(NCCc1cc(C(=O)NO)no1)c1ccc(Cl)c(F)c1. The Balaban J connectivity index is 1.87. The van der Waals surface area contributed by atoms with Gasteiger partial charge >= 0.3 is 0 Å². The number of hydrogen-bond donors (Lipinski definition) is 3. The summed E-state index contributed by atoms with van der Waals surface area (Å²) in [6.07, 6.45) is 0.271. The first-order valence-electron chi connectivity index (χ1n) is 6.14. The summed E-state index contributed by atoms with van der Waals surface area (Å²) < 4.78 is 18.1. The van der Waals surface area contributed by atoms with Gasteiger partial charge in [-0.05, 0) is 18.2 Å². The molecule has 22 heavy (non-hydrogen) atoms. The monoisotopic (exact) mass is 327 g/mol. The Morgan fingerprint density at radius 2 is 2.09 bits per heavy atom. The summed E-state index contributed by atoms with van der Waals surface area (Å²) in [5.41, 5.74) is 1.48. The van der Waals surface area contributed by atoms with Crippen LogP contribution in [0.25, 0.3) is 0 Å². The number of hydroxylamine groups is 1. The van der Waals surface area contributed by atoms with Gasteiger partial charge in [0.2, 0.25) is 0 Å². The predicted molar refractivity (Wildman–Crippen MR) is 73.2 cm³/mol. The Kier molecular flexibility index (Phi) is 5.08. The fourth-order valence-corrected chi connectivity index (χ4v) is 1.75. The maximum absolute atomic E-state index is 13.2. The molecule has 0 saturated heterocycles. The van der Waals surface area contributed by atoms with Crippen LogP contribution in [0.1, 0.15) is 26.6 Å². The van der Waals surface area contributed by atoms with E-state index in [0.29, 0.717) is 5.76 Å². The van der Waals surface area contributed by atoms with Crippen molar-refractivity contribution in [2.75, 3.05) is 6.54 Å². The number of carbonyl (C=O) groups excluding carboxylic acids is 2. The molecular weight excluding hydrogens is 317 g/mol. The minimum absolute atomic E-state index is 0.0621. The highest BCUT2D eigenvalue weighted by Crippen LogP contribution is 2.15. The normalized spacial score (nSPS) is 10.3. The first-order valence-corrected chi connectivity index (χ1v) is 6.52. The van der Waals surface area contributed by atoms with Gasteiger partial charge in [0.15, 0.2) is 5.69 Å². The fourth-order valence-electron chi connectivity index (χ4n) is 1.63. The predicted octanol–water partition coefficient (Wildman–Crippen LogP) is 1.56. The van der Waals surface area contributed by atoms with E-state index in [9.17, 15) is 14.0 Å². The van der Waals surface area contributed by atoms with Crippen LogP contribution in [0.5, 0.6) is 0 Å². The number of hydrogen-bond acceptors (Lipinski definition) is 5. The van der Waals surface area contributed by atoms with E-state index in [0.717, 1.165) is 6.07 Å². The van der Waals surface area contributed by atoms with Gasteiger partial charge in [0.1, 0.15) is 11.6 Å². The molecule has 0 saturated carbocycles. The number of rotatable bonds is 5. The van der Waals surface area contributed by atoms with E-state index in [1.807, 2.05) is 0 Å². The van der Waals surface area contributed by atoms with E-state index in [1.54, 1.807) is 0 Å². The summed E-state index contributed by atoms with van der Waals surface area (Å²) in [4.78, 5) is 22.8. The van der Waals surface area contributed by atoms with E-state index in [2.05, 4.69) is 10.5 Å². The largest absolute Gasteiger partial charge is 0.361 e. The molecule has 0 unspecified atom stereocenters. The molecule has 0 aliphatic rings. The molecule has 2 amide bonds. The summed E-state index contributed by atoms with van der Waals surface area (Å²) in [7, 11) is 0. The van der Waals surface area contributed by atoms with Crippen molar-refractivity contribution in [1.82, 2.24) is 16.0 Å². The molecule has 116 valence electrons. The second-order valence-corrected chi connectivity index (χ2v) is 4.66. The molecular formula is C13H11ClFN3O4. The summed E-state index contributed by atoms with van der Waals surface area (Å²) in [6, 6.07) is 5.07. The van der Waals surface area contributed by atoms with Crippen molar-refractivity contribution in [2.24, 2.45) is 0 Å². The number of benzene rings is 1. The molecule has 0 atom stereocenters. The topological polar surface area (TPSA) is 104 Å². The zero-order chi connectivity index (χ0) is 16.1. The van der Waals surface area contributed by atoms with Gasteiger partial charge in [-0.3, -0.25) is 14.8 Å². The summed E-state index contributed by atoms with van der Waals surface area (Å²) in [6.45, 7) is 0.193. The zero-order valence-corrected chi connectivity index (χ0v) is 11.9. The number of nitrogens with zero attached hydrogens (tertiary/aromatic N) is 1. The van der Waals surface area contributed by atoms with E-state index < -0.39 is 17.6 Å². The van der Waals surface area contributed by atoms with Crippen LogP contribution in [0.2, 0.25) is 5.02 Å². The number of aromatic nitrogens is 1. The van der Waals surface area contributed by atoms with Crippen molar-refractivity contribution in [3.8, 4) is 0 Å². The van der Waals surface area contributed by atoms with Gasteiger partial charge in [0.25, 0.3) is 11.8 Å². The van der Waals surface area contributed by atoms with Gasteiger partial charge in [-0.25, -0.2) is 9.87 Å². The van der Waals surface area contributed by atoms with Crippen LogP contribution in [0, 0.1) is 5.82 Å². The second-order valence-electron chi connectivity index (χ2n) is 4.25. The van der Waals surface area contributed by atoms with E-state index >= 15 is 0 Å². The van der Waals surface area contributed by atoms with Crippen molar-refractivity contribution in [3.63, 3.8) is 0 Å². The van der Waals surface area contributed by atoms with Gasteiger partial charge in [0, 0.05) is 24.6 Å². The lowest BCUT2D eigenvalue weighted by molar-refractivity contribution is 0.0696. The van der Waals surface area contributed by atoms with Crippen LogP contribution >= 0.6 is 11.6 Å². The lowest BCUT2D eigenvalue weighted by Gasteiger charge is -2.04. The van der Waals surface area contributed by atoms with Crippen molar-refractivity contribution in [1.29, 1.82) is 0 Å². The zero-order valence-electron chi connectivity index (χ0n) is 11.1. The number of amides is 2. The van der Waals surface area contributed by atoms with Crippen molar-refractivity contribution in [2.45, 2.75) is 6.42 Å². The second kappa shape index (κ2) is 7.01. The number of nitrogens with one attached hydrogen (secondary N) is 2.